The topological polar surface area (TPSA) is 98.7 Å². The lowest BCUT2D eigenvalue weighted by atomic mass is 9.90. The predicted octanol–water partition coefficient (Wildman–Crippen LogP) is 3.31. The van der Waals surface area contributed by atoms with E-state index < -0.39 is 0 Å². The summed E-state index contributed by atoms with van der Waals surface area (Å²) >= 11 is 3.07. The number of amides is 1. The normalized spacial score (nSPS) is 21.7. The molecule has 0 aliphatic carbocycles. The zero-order chi connectivity index (χ0) is 24.7. The molecular formula is C25H31N5O4S2. The van der Waals surface area contributed by atoms with Crippen LogP contribution in [0.1, 0.15) is 37.8 Å². The summed E-state index contributed by atoms with van der Waals surface area (Å²) in [6.45, 7) is 9.21. The Morgan fingerprint density at radius 1 is 1.25 bits per heavy atom. The molecule has 0 bridgehead atoms. The van der Waals surface area contributed by atoms with Crippen molar-refractivity contribution < 1.29 is 19.0 Å². The van der Waals surface area contributed by atoms with Crippen LogP contribution in [0.3, 0.4) is 0 Å². The van der Waals surface area contributed by atoms with Crippen LogP contribution in [0.5, 0.6) is 0 Å². The van der Waals surface area contributed by atoms with Gasteiger partial charge in [-0.15, -0.1) is 11.3 Å². The first kappa shape index (κ1) is 24.3. The van der Waals surface area contributed by atoms with Crippen molar-refractivity contribution in [3.63, 3.8) is 0 Å². The zero-order valence-corrected chi connectivity index (χ0v) is 22.3. The predicted molar refractivity (Wildman–Crippen MR) is 141 cm³/mol. The summed E-state index contributed by atoms with van der Waals surface area (Å²) in [7, 11) is 0. The molecule has 9 nitrogen and oxygen atoms in total. The van der Waals surface area contributed by atoms with Gasteiger partial charge in [0.2, 0.25) is 5.91 Å². The molecule has 36 heavy (non-hydrogen) atoms. The van der Waals surface area contributed by atoms with Gasteiger partial charge >= 0.3 is 0 Å². The number of nitrogens with zero attached hydrogens (tertiary/aromatic N) is 4. The largest absolute Gasteiger partial charge is 0.378 e. The van der Waals surface area contributed by atoms with Crippen LogP contribution in [0.25, 0.3) is 20.4 Å². The van der Waals surface area contributed by atoms with E-state index in [-0.39, 0.29) is 17.6 Å². The molecule has 0 radical (unpaired) electrons. The summed E-state index contributed by atoms with van der Waals surface area (Å²) in [5, 5.41) is 4.92. The minimum atomic E-state index is -0.260. The molecular weight excluding hydrogens is 498 g/mol. The Balaban J connectivity index is 1.33. The molecule has 1 amide bonds. The monoisotopic (exact) mass is 529 g/mol. The molecule has 3 aromatic rings. The highest BCUT2D eigenvalue weighted by Gasteiger charge is 2.33. The zero-order valence-electron chi connectivity index (χ0n) is 20.7. The second kappa shape index (κ2) is 10.0. The van der Waals surface area contributed by atoms with Crippen LogP contribution in [0.4, 0.5) is 5.82 Å². The van der Waals surface area contributed by atoms with Crippen molar-refractivity contribution in [1.82, 2.24) is 20.3 Å². The highest BCUT2D eigenvalue weighted by atomic mass is 32.2. The third-order valence-corrected chi connectivity index (χ3v) is 9.17. The van der Waals surface area contributed by atoms with Gasteiger partial charge in [-0.05, 0) is 32.3 Å². The number of pyridine rings is 1. The fourth-order valence-corrected chi connectivity index (χ4v) is 7.19. The van der Waals surface area contributed by atoms with Crippen molar-refractivity contribution in [1.29, 1.82) is 0 Å². The lowest BCUT2D eigenvalue weighted by Gasteiger charge is -2.36. The summed E-state index contributed by atoms with van der Waals surface area (Å²) < 4.78 is 18.4. The smallest absolute Gasteiger partial charge is 0.230 e. The molecule has 6 heterocycles. The second-order valence-corrected chi connectivity index (χ2v) is 12.0. The van der Waals surface area contributed by atoms with Crippen molar-refractivity contribution >= 4 is 55.3 Å². The van der Waals surface area contributed by atoms with Crippen molar-refractivity contribution in [2.75, 3.05) is 50.1 Å². The lowest BCUT2D eigenvalue weighted by molar-refractivity contribution is -0.119. The quantitative estimate of drug-likeness (QED) is 0.381. The number of fused-ring (bicyclic) bond motifs is 5. The van der Waals surface area contributed by atoms with Gasteiger partial charge in [0.25, 0.3) is 0 Å². The Morgan fingerprint density at radius 2 is 2.11 bits per heavy atom. The maximum atomic E-state index is 12.5. The van der Waals surface area contributed by atoms with E-state index in [0.29, 0.717) is 32.1 Å². The van der Waals surface area contributed by atoms with Gasteiger partial charge in [-0.25, -0.2) is 15.0 Å². The van der Waals surface area contributed by atoms with Gasteiger partial charge in [0.05, 0.1) is 47.5 Å². The third kappa shape index (κ3) is 4.79. The molecule has 3 aliphatic rings. The van der Waals surface area contributed by atoms with Crippen LogP contribution in [-0.2, 0) is 32.0 Å². The van der Waals surface area contributed by atoms with E-state index in [4.69, 9.17) is 24.2 Å². The number of morpholine rings is 1. The van der Waals surface area contributed by atoms with Crippen molar-refractivity contribution in [2.24, 2.45) is 0 Å². The van der Waals surface area contributed by atoms with Gasteiger partial charge in [0.15, 0.2) is 0 Å². The molecule has 3 aromatic heterocycles. The average Bonchev–Trinajstić information content (AvgIpc) is 3.53. The fourth-order valence-electron chi connectivity index (χ4n) is 5.13. The summed E-state index contributed by atoms with van der Waals surface area (Å²) in [4.78, 5) is 30.2. The number of thioether (sulfide) groups is 1. The van der Waals surface area contributed by atoms with Crippen LogP contribution in [0.2, 0.25) is 0 Å². The van der Waals surface area contributed by atoms with Crippen LogP contribution in [-0.4, -0.2) is 77.8 Å². The number of thiophene rings is 1. The maximum Gasteiger partial charge on any atom is 0.230 e. The van der Waals surface area contributed by atoms with Gasteiger partial charge in [-0.2, -0.15) is 0 Å². The highest BCUT2D eigenvalue weighted by Crippen LogP contribution is 2.44. The van der Waals surface area contributed by atoms with Gasteiger partial charge < -0.3 is 24.4 Å². The molecule has 0 unspecified atom stereocenters. The molecule has 1 atom stereocenters. The van der Waals surface area contributed by atoms with E-state index in [1.54, 1.807) is 17.7 Å². The Morgan fingerprint density at radius 3 is 2.92 bits per heavy atom. The van der Waals surface area contributed by atoms with Gasteiger partial charge in [0, 0.05) is 43.6 Å². The standard InChI is InChI=1S/C25H31N5O4S2/c1-25(2)10-16-17(12-34-25)22(30-5-8-32-9-6-30)29-23-19(16)20-21(36-23)24(28-14-27-20)35-13-18(31)26-11-15-4-3-7-33-15/h14-15H,3-13H2,1-2H3,(H,26,31)/t15-/m1/s1. The number of carbonyl (C=O) groups is 1. The Labute approximate surface area is 218 Å². The first-order valence-electron chi connectivity index (χ1n) is 12.6. The number of hydrogen-bond donors (Lipinski definition) is 1. The lowest BCUT2D eigenvalue weighted by Crippen LogP contribution is -2.39. The van der Waals surface area contributed by atoms with Gasteiger partial charge in [-0.1, -0.05) is 11.8 Å². The number of carbonyl (C=O) groups excluding carboxylic acids is 1. The second-order valence-electron chi connectivity index (χ2n) is 10.1. The van der Waals surface area contributed by atoms with Gasteiger partial charge in [0.1, 0.15) is 22.0 Å². The summed E-state index contributed by atoms with van der Waals surface area (Å²) in [5.41, 5.74) is 3.09. The first-order valence-corrected chi connectivity index (χ1v) is 14.4. The van der Waals surface area contributed by atoms with Crippen molar-refractivity contribution in [3.05, 3.63) is 17.5 Å². The SMILES string of the molecule is CC1(C)Cc2c(c(N3CCOCC3)nc3sc4c(SCC(=O)NC[C@H]5CCCO5)ncnc4c23)CO1. The summed E-state index contributed by atoms with van der Waals surface area (Å²) in [6, 6.07) is 0. The van der Waals surface area contributed by atoms with E-state index in [1.807, 2.05) is 0 Å². The van der Waals surface area contributed by atoms with E-state index in [0.717, 1.165) is 75.8 Å². The molecule has 2 saturated heterocycles. The average molecular weight is 530 g/mol. The molecule has 2 fully saturated rings. The first-order chi connectivity index (χ1) is 17.5. The molecule has 0 spiro atoms. The molecule has 192 valence electrons. The number of anilines is 1. The van der Waals surface area contributed by atoms with Crippen LogP contribution < -0.4 is 10.2 Å². The fraction of sp³-hybridized carbons (Fsp3) is 0.600. The Bertz CT molecular complexity index is 1280. The minimum absolute atomic E-state index is 0.00706. The summed E-state index contributed by atoms with van der Waals surface area (Å²) in [5.74, 6) is 1.30. The number of aromatic nitrogens is 3. The van der Waals surface area contributed by atoms with E-state index in [1.165, 1.54) is 17.3 Å². The Hall–Kier alpha value is -2.05. The minimum Gasteiger partial charge on any atom is -0.378 e. The van der Waals surface area contributed by atoms with Crippen LogP contribution >= 0.6 is 23.1 Å². The van der Waals surface area contributed by atoms with E-state index in [9.17, 15) is 4.79 Å². The molecule has 0 saturated carbocycles. The van der Waals surface area contributed by atoms with Crippen molar-refractivity contribution in [2.45, 2.75) is 56.4 Å². The van der Waals surface area contributed by atoms with Crippen LogP contribution in [0.15, 0.2) is 11.4 Å². The maximum absolute atomic E-state index is 12.5. The third-order valence-electron chi connectivity index (χ3n) is 6.98. The Kier molecular flexibility index (Phi) is 6.76. The number of hydrogen-bond acceptors (Lipinski definition) is 10. The van der Waals surface area contributed by atoms with Crippen molar-refractivity contribution in [3.8, 4) is 0 Å². The van der Waals surface area contributed by atoms with E-state index in [2.05, 4.69) is 29.0 Å². The number of rotatable bonds is 6. The number of nitrogens with one attached hydrogen (secondary N) is 1. The molecule has 0 aromatic carbocycles. The van der Waals surface area contributed by atoms with Gasteiger partial charge in [-0.3, -0.25) is 4.79 Å². The molecule has 11 heteroatoms. The molecule has 6 rings (SSSR count). The van der Waals surface area contributed by atoms with E-state index >= 15 is 0 Å². The van der Waals surface area contributed by atoms with Crippen LogP contribution in [0, 0.1) is 0 Å². The highest BCUT2D eigenvalue weighted by molar-refractivity contribution is 8.00. The summed E-state index contributed by atoms with van der Waals surface area (Å²) in [6.07, 6.45) is 4.61. The molecule has 3 aliphatic heterocycles. The molecule has 1 N–H and O–H groups in total. The number of ether oxygens (including phenoxy) is 3.